The minimum absolute atomic E-state index is 0.170. The van der Waals surface area contributed by atoms with E-state index in [1.54, 1.807) is 19.1 Å². The Morgan fingerprint density at radius 1 is 1.40 bits per heavy atom. The van der Waals surface area contributed by atoms with Crippen LogP contribution in [0.15, 0.2) is 18.2 Å². The number of aryl methyl sites for hydroxylation is 1. The molecule has 1 fully saturated rings. The summed E-state index contributed by atoms with van der Waals surface area (Å²) in [5.41, 5.74) is 1.67. The minimum Gasteiger partial charge on any atom is -0.383 e. The average molecular weight is 278 g/mol. The maximum absolute atomic E-state index is 10.9. The molecule has 20 heavy (non-hydrogen) atoms. The second-order valence-electron chi connectivity index (χ2n) is 5.54. The molecule has 0 radical (unpaired) electrons. The SMILES string of the molecule is Cc1ccc(NCC2CN(C)CCN2C)cc1[N+](=O)[O-]. The first-order valence-corrected chi connectivity index (χ1v) is 6.85. The molecule has 1 N–H and O–H groups in total. The highest BCUT2D eigenvalue weighted by molar-refractivity contribution is 5.54. The molecular formula is C14H22N4O2. The normalized spacial score (nSPS) is 20.9. The molecule has 0 bridgehead atoms. The Kier molecular flexibility index (Phi) is 4.57. The van der Waals surface area contributed by atoms with Gasteiger partial charge in [0.05, 0.1) is 4.92 Å². The Labute approximate surface area is 119 Å². The van der Waals surface area contributed by atoms with Crippen LogP contribution in [0, 0.1) is 17.0 Å². The molecule has 0 aromatic heterocycles. The fraction of sp³-hybridized carbons (Fsp3) is 0.571. The van der Waals surface area contributed by atoms with E-state index in [4.69, 9.17) is 0 Å². The van der Waals surface area contributed by atoms with Crippen LogP contribution in [0.5, 0.6) is 0 Å². The van der Waals surface area contributed by atoms with Crippen molar-refractivity contribution in [2.45, 2.75) is 13.0 Å². The molecule has 1 aliphatic heterocycles. The standard InChI is InChI=1S/C14H22N4O2/c1-11-4-5-12(8-14(11)18(19)20)15-9-13-10-16(2)6-7-17(13)3/h4-5,8,13,15H,6-7,9-10H2,1-3H3. The number of nitrogens with one attached hydrogen (secondary N) is 1. The Hall–Kier alpha value is -1.66. The molecule has 1 heterocycles. The quantitative estimate of drug-likeness (QED) is 0.669. The van der Waals surface area contributed by atoms with E-state index in [0.717, 1.165) is 31.9 Å². The lowest BCUT2D eigenvalue weighted by Crippen LogP contribution is -2.52. The Balaban J connectivity index is 2.00. The first-order chi connectivity index (χ1) is 9.47. The summed E-state index contributed by atoms with van der Waals surface area (Å²) in [5.74, 6) is 0. The lowest BCUT2D eigenvalue weighted by Gasteiger charge is -2.37. The smallest absolute Gasteiger partial charge is 0.274 e. The molecule has 2 rings (SSSR count). The third-order valence-corrected chi connectivity index (χ3v) is 3.93. The highest BCUT2D eigenvalue weighted by Gasteiger charge is 2.22. The third-order valence-electron chi connectivity index (χ3n) is 3.93. The van der Waals surface area contributed by atoms with Gasteiger partial charge in [0, 0.05) is 49.5 Å². The van der Waals surface area contributed by atoms with Crippen molar-refractivity contribution in [3.8, 4) is 0 Å². The van der Waals surface area contributed by atoms with Crippen molar-refractivity contribution in [3.63, 3.8) is 0 Å². The third kappa shape index (κ3) is 3.46. The van der Waals surface area contributed by atoms with Crippen LogP contribution in [-0.4, -0.2) is 61.0 Å². The average Bonchev–Trinajstić information content (AvgIpc) is 2.41. The molecule has 1 aromatic rings. The molecule has 1 unspecified atom stereocenters. The molecule has 110 valence electrons. The van der Waals surface area contributed by atoms with E-state index in [0.29, 0.717) is 11.6 Å². The summed E-state index contributed by atoms with van der Waals surface area (Å²) in [7, 11) is 4.24. The van der Waals surface area contributed by atoms with Gasteiger partial charge in [-0.1, -0.05) is 6.07 Å². The zero-order chi connectivity index (χ0) is 14.7. The molecule has 6 heteroatoms. The van der Waals surface area contributed by atoms with Crippen molar-refractivity contribution < 1.29 is 4.92 Å². The molecule has 1 saturated heterocycles. The number of nitrogens with zero attached hydrogens (tertiary/aromatic N) is 3. The van der Waals surface area contributed by atoms with Gasteiger partial charge >= 0.3 is 0 Å². The summed E-state index contributed by atoms with van der Waals surface area (Å²) in [4.78, 5) is 15.2. The molecule has 0 spiro atoms. The Bertz CT molecular complexity index is 492. The maximum Gasteiger partial charge on any atom is 0.274 e. The second kappa shape index (κ2) is 6.19. The number of hydrogen-bond acceptors (Lipinski definition) is 5. The van der Waals surface area contributed by atoms with Crippen molar-refractivity contribution in [1.29, 1.82) is 0 Å². The molecular weight excluding hydrogens is 256 g/mol. The van der Waals surface area contributed by atoms with E-state index in [1.807, 2.05) is 6.07 Å². The first-order valence-electron chi connectivity index (χ1n) is 6.85. The van der Waals surface area contributed by atoms with Crippen molar-refractivity contribution in [3.05, 3.63) is 33.9 Å². The minimum atomic E-state index is -0.332. The van der Waals surface area contributed by atoms with Gasteiger partial charge in [-0.3, -0.25) is 15.0 Å². The predicted molar refractivity (Wildman–Crippen MR) is 80.2 cm³/mol. The van der Waals surface area contributed by atoms with Gasteiger partial charge in [-0.2, -0.15) is 0 Å². The van der Waals surface area contributed by atoms with Crippen molar-refractivity contribution in [2.24, 2.45) is 0 Å². The Morgan fingerprint density at radius 2 is 2.15 bits per heavy atom. The van der Waals surface area contributed by atoms with Gasteiger partial charge in [-0.25, -0.2) is 0 Å². The van der Waals surface area contributed by atoms with Crippen molar-refractivity contribution in [1.82, 2.24) is 9.80 Å². The largest absolute Gasteiger partial charge is 0.383 e. The summed E-state index contributed by atoms with van der Waals surface area (Å²) in [5, 5.41) is 14.3. The number of piperazine rings is 1. The number of nitro groups is 1. The number of nitro benzene ring substituents is 1. The monoisotopic (exact) mass is 278 g/mol. The highest BCUT2D eigenvalue weighted by Crippen LogP contribution is 2.22. The zero-order valence-electron chi connectivity index (χ0n) is 12.3. The van der Waals surface area contributed by atoms with Crippen LogP contribution in [0.3, 0.4) is 0 Å². The van der Waals surface area contributed by atoms with Gasteiger partial charge < -0.3 is 10.2 Å². The van der Waals surface area contributed by atoms with Crippen molar-refractivity contribution >= 4 is 11.4 Å². The van der Waals surface area contributed by atoms with Gasteiger partial charge in [0.25, 0.3) is 5.69 Å². The van der Waals surface area contributed by atoms with Crippen LogP contribution in [0.2, 0.25) is 0 Å². The Morgan fingerprint density at radius 3 is 2.85 bits per heavy atom. The van der Waals surface area contributed by atoms with Crippen LogP contribution < -0.4 is 5.32 Å². The fourth-order valence-corrected chi connectivity index (χ4v) is 2.47. The molecule has 6 nitrogen and oxygen atoms in total. The molecule has 1 aliphatic rings. The van der Waals surface area contributed by atoms with E-state index in [2.05, 4.69) is 29.2 Å². The maximum atomic E-state index is 10.9. The molecule has 1 aromatic carbocycles. The van der Waals surface area contributed by atoms with Gasteiger partial charge in [-0.15, -0.1) is 0 Å². The van der Waals surface area contributed by atoms with Crippen LogP contribution in [0.4, 0.5) is 11.4 Å². The van der Waals surface area contributed by atoms with Crippen LogP contribution in [-0.2, 0) is 0 Å². The molecule has 0 saturated carbocycles. The van der Waals surface area contributed by atoms with Gasteiger partial charge in [0.15, 0.2) is 0 Å². The second-order valence-corrected chi connectivity index (χ2v) is 5.54. The summed E-state index contributed by atoms with van der Waals surface area (Å²) in [6.07, 6.45) is 0. The molecule has 1 atom stereocenters. The number of likely N-dealkylation sites (N-methyl/N-ethyl adjacent to an activating group) is 2. The van der Waals surface area contributed by atoms with Gasteiger partial charge in [0.1, 0.15) is 0 Å². The van der Waals surface area contributed by atoms with E-state index in [9.17, 15) is 10.1 Å². The lowest BCUT2D eigenvalue weighted by molar-refractivity contribution is -0.385. The summed E-state index contributed by atoms with van der Waals surface area (Å²) < 4.78 is 0. The van der Waals surface area contributed by atoms with Gasteiger partial charge in [-0.05, 0) is 27.1 Å². The van der Waals surface area contributed by atoms with Gasteiger partial charge in [0.2, 0.25) is 0 Å². The van der Waals surface area contributed by atoms with Crippen LogP contribution in [0.1, 0.15) is 5.56 Å². The first kappa shape index (κ1) is 14.7. The zero-order valence-corrected chi connectivity index (χ0v) is 12.3. The number of hydrogen-bond donors (Lipinski definition) is 1. The number of anilines is 1. The summed E-state index contributed by atoms with van der Waals surface area (Å²) >= 11 is 0. The molecule has 0 aliphatic carbocycles. The predicted octanol–water partition coefficient (Wildman–Crippen LogP) is 1.56. The summed E-state index contributed by atoms with van der Waals surface area (Å²) in [6, 6.07) is 5.72. The van der Waals surface area contributed by atoms with E-state index in [1.165, 1.54) is 0 Å². The van der Waals surface area contributed by atoms with E-state index in [-0.39, 0.29) is 10.6 Å². The molecule has 0 amide bonds. The van der Waals surface area contributed by atoms with E-state index >= 15 is 0 Å². The highest BCUT2D eigenvalue weighted by atomic mass is 16.6. The van der Waals surface area contributed by atoms with E-state index < -0.39 is 0 Å². The van der Waals surface area contributed by atoms with Crippen molar-refractivity contribution in [2.75, 3.05) is 45.6 Å². The fourth-order valence-electron chi connectivity index (χ4n) is 2.47. The van der Waals surface area contributed by atoms with Crippen LogP contribution in [0.25, 0.3) is 0 Å². The summed E-state index contributed by atoms with van der Waals surface area (Å²) in [6.45, 7) is 5.70. The lowest BCUT2D eigenvalue weighted by atomic mass is 10.1. The topological polar surface area (TPSA) is 61.6 Å². The number of rotatable bonds is 4. The number of benzene rings is 1. The van der Waals surface area contributed by atoms with Crippen LogP contribution >= 0.6 is 0 Å².